The van der Waals surface area contributed by atoms with Crippen LogP contribution in [0.3, 0.4) is 0 Å². The number of hydrogen-bond donors (Lipinski definition) is 4. The Morgan fingerprint density at radius 3 is 2.60 bits per heavy atom. The maximum atomic E-state index is 10.4. The summed E-state index contributed by atoms with van der Waals surface area (Å²) in [7, 11) is 0. The zero-order chi connectivity index (χ0) is 14.4. The van der Waals surface area contributed by atoms with Gasteiger partial charge >= 0.3 is 6.09 Å². The Bertz CT molecular complexity index is 463. The van der Waals surface area contributed by atoms with Crippen molar-refractivity contribution < 1.29 is 9.53 Å². The fourth-order valence-electron chi connectivity index (χ4n) is 1.88. The molecule has 0 radical (unpaired) electrons. The molecule has 6 N–H and O–H groups in total. The van der Waals surface area contributed by atoms with Crippen LogP contribution < -0.4 is 27.2 Å². The molecule has 1 aromatic heterocycles. The predicted molar refractivity (Wildman–Crippen MR) is 73.1 cm³/mol. The molecule has 1 aliphatic rings. The van der Waals surface area contributed by atoms with Crippen molar-refractivity contribution >= 4 is 23.9 Å². The molecule has 0 aliphatic carbocycles. The number of hydrogen-bond acceptors (Lipinski definition) is 9. The molecule has 10 heteroatoms. The third-order valence-electron chi connectivity index (χ3n) is 2.77. The first-order chi connectivity index (χ1) is 9.69. The third-order valence-corrected chi connectivity index (χ3v) is 2.77. The lowest BCUT2D eigenvalue weighted by Crippen LogP contribution is -2.24. The predicted octanol–water partition coefficient (Wildman–Crippen LogP) is -0.735. The maximum Gasteiger partial charge on any atom is 0.404 e. The van der Waals surface area contributed by atoms with Crippen LogP contribution in [0.2, 0.25) is 0 Å². The average molecular weight is 282 g/mol. The summed E-state index contributed by atoms with van der Waals surface area (Å²) < 4.78 is 4.60. The minimum Gasteiger partial charge on any atom is -0.448 e. The molecule has 20 heavy (non-hydrogen) atoms. The van der Waals surface area contributed by atoms with E-state index in [-0.39, 0.29) is 12.6 Å². The molecule has 0 bridgehead atoms. The molecule has 1 aliphatic heterocycles. The van der Waals surface area contributed by atoms with Gasteiger partial charge in [0, 0.05) is 13.1 Å². The number of aromatic nitrogens is 3. The summed E-state index contributed by atoms with van der Waals surface area (Å²) >= 11 is 0. The van der Waals surface area contributed by atoms with E-state index in [0.29, 0.717) is 18.4 Å². The molecule has 1 aromatic rings. The number of amides is 1. The van der Waals surface area contributed by atoms with Crippen LogP contribution >= 0.6 is 0 Å². The van der Waals surface area contributed by atoms with Gasteiger partial charge in [0.2, 0.25) is 17.8 Å². The van der Waals surface area contributed by atoms with E-state index in [4.69, 9.17) is 11.6 Å². The zero-order valence-electron chi connectivity index (χ0n) is 11.0. The topological polar surface area (TPSA) is 144 Å². The number of hydrazine groups is 1. The van der Waals surface area contributed by atoms with Gasteiger partial charge in [0.1, 0.15) is 6.61 Å². The number of carbonyl (C=O) groups excluding carboxylic acids is 1. The second-order valence-electron chi connectivity index (χ2n) is 4.22. The number of primary amides is 1. The van der Waals surface area contributed by atoms with Gasteiger partial charge in [-0.3, -0.25) is 5.43 Å². The summed E-state index contributed by atoms with van der Waals surface area (Å²) in [5.41, 5.74) is 7.27. The van der Waals surface area contributed by atoms with E-state index in [0.717, 1.165) is 25.9 Å². The lowest BCUT2D eigenvalue weighted by atomic mass is 10.4. The SMILES string of the molecule is NNc1nc(NCCOC(N)=O)nc(N2CCCC2)n1. The van der Waals surface area contributed by atoms with Gasteiger partial charge in [-0.2, -0.15) is 15.0 Å². The summed E-state index contributed by atoms with van der Waals surface area (Å²) in [6.07, 6.45) is 1.42. The fourth-order valence-corrected chi connectivity index (χ4v) is 1.88. The van der Waals surface area contributed by atoms with E-state index >= 15 is 0 Å². The normalized spacial score (nSPS) is 14.2. The van der Waals surface area contributed by atoms with Gasteiger partial charge in [-0.15, -0.1) is 0 Å². The van der Waals surface area contributed by atoms with Gasteiger partial charge in [0.05, 0.1) is 6.54 Å². The van der Waals surface area contributed by atoms with E-state index in [1.165, 1.54) is 0 Å². The number of nitrogens with one attached hydrogen (secondary N) is 2. The molecule has 10 nitrogen and oxygen atoms in total. The molecule has 0 atom stereocenters. The Kier molecular flexibility index (Phi) is 4.71. The molecule has 0 aromatic carbocycles. The van der Waals surface area contributed by atoms with Crippen LogP contribution in [0.25, 0.3) is 0 Å². The van der Waals surface area contributed by atoms with E-state index in [1.807, 2.05) is 0 Å². The van der Waals surface area contributed by atoms with Crippen LogP contribution in [0.1, 0.15) is 12.8 Å². The Morgan fingerprint density at radius 2 is 1.95 bits per heavy atom. The maximum absolute atomic E-state index is 10.4. The number of rotatable bonds is 6. The molecule has 1 fully saturated rings. The summed E-state index contributed by atoms with van der Waals surface area (Å²) in [5, 5.41) is 2.92. The first kappa shape index (κ1) is 14.1. The first-order valence-corrected chi connectivity index (χ1v) is 6.33. The third kappa shape index (κ3) is 3.82. The Labute approximate surface area is 115 Å². The van der Waals surface area contributed by atoms with Crippen molar-refractivity contribution in [1.29, 1.82) is 0 Å². The van der Waals surface area contributed by atoms with Crippen LogP contribution in [-0.4, -0.2) is 47.3 Å². The van der Waals surface area contributed by atoms with Gasteiger partial charge in [-0.05, 0) is 12.8 Å². The van der Waals surface area contributed by atoms with Crippen LogP contribution in [0.5, 0.6) is 0 Å². The molecule has 2 rings (SSSR count). The van der Waals surface area contributed by atoms with Crippen molar-refractivity contribution in [3.63, 3.8) is 0 Å². The Morgan fingerprint density at radius 1 is 1.25 bits per heavy atom. The minimum atomic E-state index is -0.815. The number of nitrogens with two attached hydrogens (primary N) is 2. The second-order valence-corrected chi connectivity index (χ2v) is 4.22. The molecule has 0 spiro atoms. The lowest BCUT2D eigenvalue weighted by molar-refractivity contribution is 0.161. The van der Waals surface area contributed by atoms with Gasteiger partial charge in [-0.1, -0.05) is 0 Å². The van der Waals surface area contributed by atoms with Crippen molar-refractivity contribution in [2.45, 2.75) is 12.8 Å². The molecular formula is C10H18N8O2. The van der Waals surface area contributed by atoms with Crippen LogP contribution in [-0.2, 0) is 4.74 Å². The molecule has 1 saturated heterocycles. The molecule has 0 saturated carbocycles. The Hall–Kier alpha value is -2.36. The van der Waals surface area contributed by atoms with E-state index in [2.05, 4.69) is 35.3 Å². The number of anilines is 3. The van der Waals surface area contributed by atoms with Crippen molar-refractivity contribution in [2.75, 3.05) is 41.9 Å². The smallest absolute Gasteiger partial charge is 0.404 e. The van der Waals surface area contributed by atoms with E-state index in [1.54, 1.807) is 0 Å². The van der Waals surface area contributed by atoms with Crippen molar-refractivity contribution in [2.24, 2.45) is 11.6 Å². The number of carbonyl (C=O) groups is 1. The van der Waals surface area contributed by atoms with Crippen LogP contribution in [0, 0.1) is 0 Å². The first-order valence-electron chi connectivity index (χ1n) is 6.33. The number of nitrogen functional groups attached to an aromatic ring is 1. The van der Waals surface area contributed by atoms with Gasteiger partial charge < -0.3 is 20.7 Å². The molecule has 110 valence electrons. The monoisotopic (exact) mass is 282 g/mol. The fraction of sp³-hybridized carbons (Fsp3) is 0.600. The van der Waals surface area contributed by atoms with Crippen molar-refractivity contribution in [3.05, 3.63) is 0 Å². The summed E-state index contributed by atoms with van der Waals surface area (Å²) in [4.78, 5) is 25.1. The standard InChI is InChI=1S/C10H18N8O2/c11-7(19)20-6-3-13-8-14-9(17-12)16-10(15-8)18-4-1-2-5-18/h1-6,12H2,(H2,11,19)(H2,13,14,15,16,17). The highest BCUT2D eigenvalue weighted by atomic mass is 16.5. The highest BCUT2D eigenvalue weighted by Gasteiger charge is 2.17. The van der Waals surface area contributed by atoms with Gasteiger partial charge in [-0.25, -0.2) is 10.6 Å². The average Bonchev–Trinajstić information content (AvgIpc) is 2.97. The summed E-state index contributed by atoms with van der Waals surface area (Å²) in [6, 6.07) is 0. The second kappa shape index (κ2) is 6.70. The number of ether oxygens (including phenoxy) is 1. The highest BCUT2D eigenvalue weighted by Crippen LogP contribution is 2.18. The van der Waals surface area contributed by atoms with E-state index in [9.17, 15) is 4.79 Å². The van der Waals surface area contributed by atoms with Crippen molar-refractivity contribution in [3.8, 4) is 0 Å². The van der Waals surface area contributed by atoms with Crippen LogP contribution in [0.4, 0.5) is 22.6 Å². The highest BCUT2D eigenvalue weighted by molar-refractivity contribution is 5.64. The molecule has 2 heterocycles. The van der Waals surface area contributed by atoms with Gasteiger partial charge in [0.25, 0.3) is 0 Å². The zero-order valence-corrected chi connectivity index (χ0v) is 11.0. The summed E-state index contributed by atoms with van der Waals surface area (Å²) in [6.45, 7) is 2.30. The van der Waals surface area contributed by atoms with E-state index < -0.39 is 6.09 Å². The molecule has 1 amide bonds. The molecule has 0 unspecified atom stereocenters. The summed E-state index contributed by atoms with van der Waals surface area (Å²) in [5.74, 6) is 6.56. The lowest BCUT2D eigenvalue weighted by Gasteiger charge is -2.16. The van der Waals surface area contributed by atoms with Crippen LogP contribution in [0.15, 0.2) is 0 Å². The molecular weight excluding hydrogens is 264 g/mol. The van der Waals surface area contributed by atoms with Crippen molar-refractivity contribution in [1.82, 2.24) is 15.0 Å². The number of nitrogens with zero attached hydrogens (tertiary/aromatic N) is 4. The quantitative estimate of drug-likeness (QED) is 0.301. The minimum absolute atomic E-state index is 0.130. The Balaban J connectivity index is 1.99. The van der Waals surface area contributed by atoms with Gasteiger partial charge in [0.15, 0.2) is 0 Å². The largest absolute Gasteiger partial charge is 0.448 e.